The summed E-state index contributed by atoms with van der Waals surface area (Å²) in [5.74, 6) is 5.45. The Labute approximate surface area is 350 Å². The number of imidazole rings is 2. The second-order valence-corrected chi connectivity index (χ2v) is 15.6. The minimum Gasteiger partial charge on any atom is -0.453 e. The van der Waals surface area contributed by atoms with Crippen molar-refractivity contribution in [2.75, 3.05) is 34.4 Å². The lowest BCUT2D eigenvalue weighted by molar-refractivity contribution is -0.141. The van der Waals surface area contributed by atoms with Crippen molar-refractivity contribution >= 4 is 34.8 Å². The molecule has 2 aliphatic heterocycles. The van der Waals surface area contributed by atoms with Gasteiger partial charge in [-0.1, -0.05) is 37.0 Å². The van der Waals surface area contributed by atoms with Gasteiger partial charge in [0.15, 0.2) is 5.69 Å². The van der Waals surface area contributed by atoms with Crippen LogP contribution in [-0.2, 0) is 30.0 Å². The number of fused-ring (bicyclic) bond motifs is 1. The molecule has 4 amide bonds. The Morgan fingerprint density at radius 2 is 1.44 bits per heavy atom. The zero-order valence-electron chi connectivity index (χ0n) is 34.4. The maximum Gasteiger partial charge on any atom is 0.436 e. The summed E-state index contributed by atoms with van der Waals surface area (Å²) >= 11 is 0. The van der Waals surface area contributed by atoms with E-state index in [1.807, 2.05) is 29.2 Å². The number of nitrogens with zero attached hydrogens (tertiary/aromatic N) is 4. The summed E-state index contributed by atoms with van der Waals surface area (Å²) in [4.78, 5) is 69.7. The van der Waals surface area contributed by atoms with Crippen LogP contribution >= 0.6 is 0 Å². The summed E-state index contributed by atoms with van der Waals surface area (Å²) in [6.45, 7) is 2.38. The van der Waals surface area contributed by atoms with E-state index in [0.29, 0.717) is 30.8 Å². The SMILES string of the molecule is COC(=O)NC(C(=O)N1CCCC1c1ncc(-c2ccc3cc(C#Cc4[nH]c(C5CCCN5C(=O)C(NC(=O)OC)C(C)OC)nc4C(F)(F)F)ccc3c2)[nH]1)C1CCCC1. The number of carbonyl (C=O) groups excluding carboxylic acids is 4. The van der Waals surface area contributed by atoms with Gasteiger partial charge < -0.3 is 44.6 Å². The number of halogens is 3. The van der Waals surface area contributed by atoms with E-state index in [0.717, 1.165) is 67.7 Å². The second kappa shape index (κ2) is 18.3. The van der Waals surface area contributed by atoms with E-state index >= 15 is 0 Å². The highest BCUT2D eigenvalue weighted by atomic mass is 19.4. The maximum absolute atomic E-state index is 14.3. The molecule has 1 aliphatic carbocycles. The van der Waals surface area contributed by atoms with Crippen LogP contribution < -0.4 is 10.6 Å². The lowest BCUT2D eigenvalue weighted by atomic mass is 9.96. The predicted molar refractivity (Wildman–Crippen MR) is 216 cm³/mol. The Morgan fingerprint density at radius 3 is 2.11 bits per heavy atom. The van der Waals surface area contributed by atoms with Gasteiger partial charge in [0.1, 0.15) is 29.4 Å². The fourth-order valence-electron chi connectivity index (χ4n) is 8.67. The van der Waals surface area contributed by atoms with Gasteiger partial charge in [-0.25, -0.2) is 19.6 Å². The number of nitrogens with one attached hydrogen (secondary N) is 4. The third-order valence-corrected chi connectivity index (χ3v) is 11.9. The number of ether oxygens (including phenoxy) is 3. The molecule has 4 heterocycles. The average Bonchev–Trinajstić information content (AvgIpc) is 4.12. The van der Waals surface area contributed by atoms with Gasteiger partial charge in [0.2, 0.25) is 11.8 Å². The molecule has 3 fully saturated rings. The third-order valence-electron chi connectivity index (χ3n) is 11.9. The summed E-state index contributed by atoms with van der Waals surface area (Å²) in [7, 11) is 3.82. The van der Waals surface area contributed by atoms with Crippen LogP contribution in [0.5, 0.6) is 0 Å². The number of carbonyl (C=O) groups is 4. The summed E-state index contributed by atoms with van der Waals surface area (Å²) in [6, 6.07) is 8.19. The summed E-state index contributed by atoms with van der Waals surface area (Å²) < 4.78 is 57.7. The molecular formula is C43H49F3N8O7. The number of H-pyrrole nitrogens is 2. The number of alkyl halides is 3. The van der Waals surface area contributed by atoms with E-state index < -0.39 is 59.9 Å². The van der Waals surface area contributed by atoms with Crippen LogP contribution in [0.15, 0.2) is 42.6 Å². The molecule has 324 valence electrons. The Balaban J connectivity index is 1.08. The van der Waals surface area contributed by atoms with Crippen LogP contribution in [0.3, 0.4) is 0 Å². The van der Waals surface area contributed by atoms with Crippen LogP contribution in [0, 0.1) is 17.8 Å². The molecule has 2 aromatic carbocycles. The number of aromatic nitrogens is 4. The molecule has 0 spiro atoms. The monoisotopic (exact) mass is 846 g/mol. The predicted octanol–water partition coefficient (Wildman–Crippen LogP) is 6.37. The van der Waals surface area contributed by atoms with Gasteiger partial charge in [-0.3, -0.25) is 9.59 Å². The first-order valence-electron chi connectivity index (χ1n) is 20.4. The number of aromatic amines is 2. The molecule has 2 aromatic heterocycles. The van der Waals surface area contributed by atoms with E-state index in [4.69, 9.17) is 9.47 Å². The minimum absolute atomic E-state index is 0.0515. The van der Waals surface area contributed by atoms with Crippen molar-refractivity contribution < 1.29 is 46.6 Å². The first-order valence-corrected chi connectivity index (χ1v) is 20.4. The number of methoxy groups -OCH3 is 3. The Hall–Kier alpha value is -6.09. The van der Waals surface area contributed by atoms with E-state index in [1.165, 1.54) is 19.1 Å². The average molecular weight is 847 g/mol. The lowest BCUT2D eigenvalue weighted by Gasteiger charge is -2.31. The van der Waals surface area contributed by atoms with Crippen LogP contribution in [-0.4, -0.2) is 106 Å². The molecule has 1 saturated carbocycles. The third kappa shape index (κ3) is 9.31. The highest BCUT2D eigenvalue weighted by molar-refractivity contribution is 5.89. The highest BCUT2D eigenvalue weighted by Crippen LogP contribution is 2.38. The smallest absolute Gasteiger partial charge is 0.436 e. The van der Waals surface area contributed by atoms with Gasteiger partial charge in [-0.05, 0) is 86.3 Å². The van der Waals surface area contributed by atoms with E-state index in [-0.39, 0.29) is 30.2 Å². The van der Waals surface area contributed by atoms with E-state index in [2.05, 4.69) is 47.1 Å². The summed E-state index contributed by atoms with van der Waals surface area (Å²) in [5.41, 5.74) is 0.448. The molecule has 18 heteroatoms. The molecule has 4 N–H and O–H groups in total. The highest BCUT2D eigenvalue weighted by Gasteiger charge is 2.43. The van der Waals surface area contributed by atoms with Crippen LogP contribution in [0.2, 0.25) is 0 Å². The zero-order chi connectivity index (χ0) is 43.4. The first kappa shape index (κ1) is 43.0. The number of likely N-dealkylation sites (tertiary alicyclic amines) is 2. The quantitative estimate of drug-likeness (QED) is 0.132. The van der Waals surface area contributed by atoms with E-state index in [1.54, 1.807) is 25.3 Å². The summed E-state index contributed by atoms with van der Waals surface area (Å²) in [5, 5.41) is 6.92. The topological polar surface area (TPSA) is 184 Å². The molecule has 4 aromatic rings. The minimum atomic E-state index is -4.83. The van der Waals surface area contributed by atoms with Gasteiger partial charge in [0, 0.05) is 31.3 Å². The van der Waals surface area contributed by atoms with Crippen molar-refractivity contribution in [3.05, 3.63) is 71.2 Å². The van der Waals surface area contributed by atoms with Gasteiger partial charge in [0.05, 0.1) is 44.3 Å². The largest absolute Gasteiger partial charge is 0.453 e. The Morgan fingerprint density at radius 1 is 0.803 bits per heavy atom. The van der Waals surface area contributed by atoms with Crippen molar-refractivity contribution in [2.24, 2.45) is 5.92 Å². The van der Waals surface area contributed by atoms with Crippen LogP contribution in [0.1, 0.15) is 99.0 Å². The van der Waals surface area contributed by atoms with Gasteiger partial charge >= 0.3 is 18.4 Å². The molecule has 15 nitrogen and oxygen atoms in total. The van der Waals surface area contributed by atoms with Gasteiger partial charge in [-0.2, -0.15) is 13.2 Å². The number of hydrogen-bond donors (Lipinski definition) is 4. The van der Waals surface area contributed by atoms with Gasteiger partial charge in [-0.15, -0.1) is 0 Å². The molecule has 2 saturated heterocycles. The number of amides is 4. The number of alkyl carbamates (subject to hydrolysis) is 2. The zero-order valence-corrected chi connectivity index (χ0v) is 34.4. The second-order valence-electron chi connectivity index (χ2n) is 15.6. The Bertz CT molecular complexity index is 2330. The molecule has 7 rings (SSSR count). The fourth-order valence-corrected chi connectivity index (χ4v) is 8.67. The van der Waals surface area contributed by atoms with E-state index in [9.17, 15) is 32.3 Å². The first-order chi connectivity index (χ1) is 29.3. The summed E-state index contributed by atoms with van der Waals surface area (Å²) in [6.07, 6.45) is 0.807. The van der Waals surface area contributed by atoms with Crippen molar-refractivity contribution in [1.82, 2.24) is 40.4 Å². The molecule has 3 aliphatic rings. The molecule has 0 radical (unpaired) electrons. The van der Waals surface area contributed by atoms with Crippen molar-refractivity contribution in [3.8, 4) is 23.1 Å². The molecule has 0 bridgehead atoms. The maximum atomic E-state index is 14.3. The Kier molecular flexibility index (Phi) is 12.9. The normalized spacial score (nSPS) is 19.6. The van der Waals surface area contributed by atoms with Crippen molar-refractivity contribution in [2.45, 2.75) is 94.7 Å². The number of hydrogen-bond acceptors (Lipinski definition) is 9. The molecule has 5 unspecified atom stereocenters. The molecular weight excluding hydrogens is 798 g/mol. The standard InChI is InChI=1S/C43H49F3N8O7/c1-24(59-2)34(50-41(57)60-3)39(55)54-20-8-12-33(54)38-48-30(36(52-38)43(44,45)46)18-14-25-13-15-28-22-29(17-16-27(28)21-25)31-23-47-37(49-31)32-11-7-19-53(32)40(56)35(51-42(58)61-4)26-9-5-6-10-26/h13,15-17,21-24,26,32-35H,5-12,19-20H2,1-4H3,(H,47,49)(H,48,52)(H,50,57)(H,51,58). The fraction of sp³-hybridized carbons (Fsp3) is 0.488. The van der Waals surface area contributed by atoms with Crippen molar-refractivity contribution in [3.63, 3.8) is 0 Å². The molecule has 5 atom stereocenters. The molecule has 61 heavy (non-hydrogen) atoms. The van der Waals surface area contributed by atoms with Crippen LogP contribution in [0.25, 0.3) is 22.0 Å². The number of rotatable bonds is 10. The van der Waals surface area contributed by atoms with Crippen molar-refractivity contribution in [1.29, 1.82) is 0 Å². The van der Waals surface area contributed by atoms with Crippen LogP contribution in [0.4, 0.5) is 22.8 Å². The number of benzene rings is 2. The van der Waals surface area contributed by atoms with Gasteiger partial charge in [0.25, 0.3) is 0 Å². The lowest BCUT2D eigenvalue weighted by Crippen LogP contribution is -2.54.